The summed E-state index contributed by atoms with van der Waals surface area (Å²) in [5.74, 6) is 1.50. The summed E-state index contributed by atoms with van der Waals surface area (Å²) in [6, 6.07) is 29.2. The van der Waals surface area contributed by atoms with Crippen LogP contribution < -0.4 is 5.32 Å². The third-order valence-corrected chi connectivity index (χ3v) is 13.5. The van der Waals surface area contributed by atoms with Crippen molar-refractivity contribution in [3.8, 4) is 78.7 Å². The summed E-state index contributed by atoms with van der Waals surface area (Å²) in [5, 5.41) is 29.9. The van der Waals surface area contributed by atoms with E-state index in [1.807, 2.05) is 50.6 Å². The number of amides is 1. The van der Waals surface area contributed by atoms with Crippen LogP contribution in [0.15, 0.2) is 131 Å². The van der Waals surface area contributed by atoms with Gasteiger partial charge in [-0.05, 0) is 111 Å². The molecule has 4 aromatic carbocycles. The lowest BCUT2D eigenvalue weighted by Crippen LogP contribution is -2.13. The molecular formula is C52H39N11OS2. The molecule has 0 radical (unpaired) electrons. The van der Waals surface area contributed by atoms with Gasteiger partial charge in [0.25, 0.3) is 0 Å². The Morgan fingerprint density at radius 1 is 0.621 bits per heavy atom. The lowest BCUT2D eigenvalue weighted by molar-refractivity contribution is -0.116. The number of carbonyl (C=O) groups is 1. The van der Waals surface area contributed by atoms with E-state index < -0.39 is 0 Å². The predicted octanol–water partition coefficient (Wildman–Crippen LogP) is 13.1. The average Bonchev–Trinajstić information content (AvgIpc) is 4.19. The van der Waals surface area contributed by atoms with Gasteiger partial charge in [-0.3, -0.25) is 25.0 Å². The Hall–Kier alpha value is -8.07. The van der Waals surface area contributed by atoms with Crippen molar-refractivity contribution in [3.05, 3.63) is 137 Å². The van der Waals surface area contributed by atoms with Gasteiger partial charge in [-0.1, -0.05) is 44.2 Å². The van der Waals surface area contributed by atoms with Crippen LogP contribution in [0.4, 0.5) is 5.69 Å². The minimum atomic E-state index is -0.0485. The van der Waals surface area contributed by atoms with E-state index in [9.17, 15) is 4.79 Å². The van der Waals surface area contributed by atoms with Crippen LogP contribution in [0.3, 0.4) is 0 Å². The van der Waals surface area contributed by atoms with E-state index in [0.717, 1.165) is 111 Å². The number of hydrogen-bond acceptors (Lipinski definition) is 9. The second-order valence-electron chi connectivity index (χ2n) is 16.9. The Kier molecular flexibility index (Phi) is 9.50. The lowest BCUT2D eigenvalue weighted by atomic mass is 9.93. The summed E-state index contributed by atoms with van der Waals surface area (Å²) in [7, 11) is 0. The first kappa shape index (κ1) is 39.5. The molecule has 5 N–H and O–H groups in total. The van der Waals surface area contributed by atoms with Crippen molar-refractivity contribution in [2.45, 2.75) is 27.2 Å². The number of fused-ring (bicyclic) bond motifs is 4. The molecule has 0 aliphatic carbocycles. The minimum absolute atomic E-state index is 0.0485. The Balaban J connectivity index is 1.00. The second kappa shape index (κ2) is 15.9. The number of nitrogens with zero attached hydrogens (tertiary/aromatic N) is 6. The number of hydrogen-bond donors (Lipinski definition) is 5. The fourth-order valence-corrected chi connectivity index (χ4v) is 10.4. The van der Waals surface area contributed by atoms with Gasteiger partial charge >= 0.3 is 0 Å². The number of pyridine rings is 2. The zero-order valence-electron chi connectivity index (χ0n) is 35.9. The third-order valence-electron chi connectivity index (χ3n) is 12.1. The van der Waals surface area contributed by atoms with Gasteiger partial charge in [0.05, 0.1) is 45.0 Å². The van der Waals surface area contributed by atoms with Gasteiger partial charge in [-0.15, -0.1) is 0 Å². The number of benzene rings is 4. The quantitative estimate of drug-likeness (QED) is 0.0909. The average molecular weight is 898 g/mol. The smallest absolute Gasteiger partial charge is 0.224 e. The number of H-pyrrole nitrogens is 4. The topological polar surface area (TPSA) is 170 Å². The fourth-order valence-electron chi connectivity index (χ4n) is 8.93. The van der Waals surface area contributed by atoms with Crippen LogP contribution in [-0.2, 0) is 4.79 Å². The molecular weight excluding hydrogens is 859 g/mol. The van der Waals surface area contributed by atoms with E-state index in [0.29, 0.717) is 29.5 Å². The van der Waals surface area contributed by atoms with Gasteiger partial charge in [0.1, 0.15) is 11.4 Å². The van der Waals surface area contributed by atoms with Gasteiger partial charge in [0.2, 0.25) is 5.91 Å². The summed E-state index contributed by atoms with van der Waals surface area (Å²) < 4.78 is 0. The molecule has 12 rings (SSSR count). The van der Waals surface area contributed by atoms with E-state index in [1.54, 1.807) is 28.9 Å². The maximum Gasteiger partial charge on any atom is 0.224 e. The predicted molar refractivity (Wildman–Crippen MR) is 267 cm³/mol. The summed E-state index contributed by atoms with van der Waals surface area (Å²) in [6.45, 7) is 6.16. The van der Waals surface area contributed by atoms with E-state index in [2.05, 4.69) is 131 Å². The van der Waals surface area contributed by atoms with Crippen molar-refractivity contribution in [1.82, 2.24) is 50.3 Å². The maximum atomic E-state index is 12.9. The molecule has 0 fully saturated rings. The lowest BCUT2D eigenvalue weighted by Gasteiger charge is -2.12. The summed E-state index contributed by atoms with van der Waals surface area (Å²) >= 11 is 3.29. The number of nitrogens with one attached hydrogen (secondary N) is 5. The number of thiophene rings is 2. The molecule has 0 bridgehead atoms. The molecule has 1 amide bonds. The number of para-hydroxylation sites is 2. The Morgan fingerprint density at radius 2 is 1.36 bits per heavy atom. The van der Waals surface area contributed by atoms with E-state index in [1.165, 1.54) is 0 Å². The van der Waals surface area contributed by atoms with Crippen LogP contribution in [0, 0.1) is 12.8 Å². The maximum absolute atomic E-state index is 12.9. The van der Waals surface area contributed by atoms with E-state index >= 15 is 0 Å². The molecule has 66 heavy (non-hydrogen) atoms. The van der Waals surface area contributed by atoms with Crippen LogP contribution in [0.1, 0.15) is 25.8 Å². The second-order valence-corrected chi connectivity index (χ2v) is 18.5. The van der Waals surface area contributed by atoms with Crippen molar-refractivity contribution in [3.63, 3.8) is 0 Å². The highest BCUT2D eigenvalue weighted by atomic mass is 32.1. The Bertz CT molecular complexity index is 3810. The highest BCUT2D eigenvalue weighted by Crippen LogP contribution is 2.44. The van der Waals surface area contributed by atoms with Crippen LogP contribution >= 0.6 is 22.7 Å². The number of carbonyl (C=O) groups excluding carboxylic acids is 1. The number of aromatic nitrogens is 10. The SMILES string of the molecule is Cc1ccncc1-c1ccc2[nH]nc(-c3nc4c(-c5cscc5-c5cc(-c6cncc(NC(=O)CC(C)C)c6)cc6c(-c7nc8c(-c9ccsc9)cccc8[nH]7)n[nH]c56)cccc4[nH]3)c2c1. The molecule has 12 aromatic rings. The monoisotopic (exact) mass is 897 g/mol. The van der Waals surface area contributed by atoms with Gasteiger partial charge in [0, 0.05) is 74.7 Å². The standard InChI is InChI=1S/C52H39N11OS2/c1-27(2)16-45(64)55-33-17-32(21-54-22-33)31-19-36(46-38(20-31)50(63-61-46)52-56-43-8-4-6-34(47(43)58-52)30-13-15-65-24-30)41-26-66-25-40(41)35-7-5-9-44-48(35)59-51(57-44)49-37-18-29(10-11-42(37)60-62-49)39-23-53-14-12-28(39)3/h4-15,17-27H,16H2,1-3H3,(H,55,64)(H,56,58)(H,57,59)(H,60,62)(H,61,63). The number of rotatable bonds is 10. The first-order chi connectivity index (χ1) is 32.3. The van der Waals surface area contributed by atoms with Gasteiger partial charge in [-0.2, -0.15) is 32.9 Å². The van der Waals surface area contributed by atoms with Crippen LogP contribution in [0.25, 0.3) is 123 Å². The minimum Gasteiger partial charge on any atom is -0.337 e. The molecule has 14 heteroatoms. The molecule has 0 atom stereocenters. The van der Waals surface area contributed by atoms with Gasteiger partial charge in [-0.25, -0.2) is 9.97 Å². The van der Waals surface area contributed by atoms with Crippen molar-refractivity contribution in [1.29, 1.82) is 0 Å². The summed E-state index contributed by atoms with van der Waals surface area (Å²) in [5.41, 5.74) is 18.6. The van der Waals surface area contributed by atoms with E-state index in [-0.39, 0.29) is 11.8 Å². The highest BCUT2D eigenvalue weighted by Gasteiger charge is 2.23. The molecule has 8 aromatic heterocycles. The highest BCUT2D eigenvalue weighted by molar-refractivity contribution is 7.09. The van der Waals surface area contributed by atoms with E-state index in [4.69, 9.17) is 20.2 Å². The van der Waals surface area contributed by atoms with Crippen LogP contribution in [0.5, 0.6) is 0 Å². The molecule has 0 spiro atoms. The molecule has 8 heterocycles. The molecule has 12 nitrogen and oxygen atoms in total. The van der Waals surface area contributed by atoms with Crippen molar-refractivity contribution in [2.24, 2.45) is 5.92 Å². The number of anilines is 1. The summed E-state index contributed by atoms with van der Waals surface area (Å²) in [4.78, 5) is 39.5. The molecule has 0 aliphatic heterocycles. The number of aromatic amines is 4. The van der Waals surface area contributed by atoms with Crippen molar-refractivity contribution in [2.75, 3.05) is 5.32 Å². The van der Waals surface area contributed by atoms with Crippen LogP contribution in [-0.4, -0.2) is 56.2 Å². The fraction of sp³-hybridized carbons (Fsp3) is 0.0962. The van der Waals surface area contributed by atoms with Crippen molar-refractivity contribution >= 4 is 78.1 Å². The first-order valence-electron chi connectivity index (χ1n) is 21.6. The number of imidazole rings is 2. The zero-order valence-corrected chi connectivity index (χ0v) is 37.5. The van der Waals surface area contributed by atoms with Crippen LogP contribution in [0.2, 0.25) is 0 Å². The van der Waals surface area contributed by atoms with Gasteiger partial charge in [0.15, 0.2) is 11.6 Å². The number of aryl methyl sites for hydroxylation is 1. The first-order valence-corrected chi connectivity index (χ1v) is 23.5. The largest absolute Gasteiger partial charge is 0.337 e. The summed E-state index contributed by atoms with van der Waals surface area (Å²) in [6.07, 6.45) is 7.65. The normalized spacial score (nSPS) is 11.8. The van der Waals surface area contributed by atoms with Crippen molar-refractivity contribution < 1.29 is 4.79 Å². The Morgan fingerprint density at radius 3 is 2.14 bits per heavy atom. The molecule has 320 valence electrons. The third kappa shape index (κ3) is 6.85. The molecule has 0 aliphatic rings. The molecule has 0 saturated heterocycles. The molecule has 0 saturated carbocycles. The van der Waals surface area contributed by atoms with Gasteiger partial charge < -0.3 is 15.3 Å². The Labute approximate surface area is 385 Å². The molecule has 0 unspecified atom stereocenters. The zero-order chi connectivity index (χ0) is 44.5.